The second-order valence-electron chi connectivity index (χ2n) is 5.46. The fourth-order valence-electron chi connectivity index (χ4n) is 1.32. The first-order valence-corrected chi connectivity index (χ1v) is 13.9. The van der Waals surface area contributed by atoms with Crippen molar-refractivity contribution in [3.05, 3.63) is 35.4 Å². The third-order valence-electron chi connectivity index (χ3n) is 2.35. The van der Waals surface area contributed by atoms with Crippen molar-refractivity contribution in [1.29, 1.82) is 0 Å². The molecule has 1 rings (SSSR count). The van der Waals surface area contributed by atoms with Gasteiger partial charge in [0.1, 0.15) is 0 Å². The smallest absolute Gasteiger partial charge is 0.283 e. The lowest BCUT2D eigenvalue weighted by atomic mass is 10.2. The van der Waals surface area contributed by atoms with Gasteiger partial charge in [0.15, 0.2) is 0 Å². The van der Waals surface area contributed by atoms with Gasteiger partial charge in [-0.2, -0.15) is 0 Å². The molecule has 0 aliphatic carbocycles. The number of carbonyl (C=O) groups excluding carboxylic acids is 2. The highest BCUT2D eigenvalue weighted by molar-refractivity contribution is 8.85. The highest BCUT2D eigenvalue weighted by Crippen LogP contribution is 2.34. The zero-order chi connectivity index (χ0) is 19.4. The molecule has 10 heteroatoms. The van der Waals surface area contributed by atoms with Gasteiger partial charge < -0.3 is 8.37 Å². The van der Waals surface area contributed by atoms with Gasteiger partial charge in [-0.1, -0.05) is 45.9 Å². The molecular formula is C16H22O4S6. The molecule has 0 saturated heterocycles. The van der Waals surface area contributed by atoms with E-state index in [1.807, 2.05) is 27.7 Å². The van der Waals surface area contributed by atoms with Crippen molar-refractivity contribution in [2.24, 2.45) is 0 Å². The standard InChI is InChI=1S/C16H22O4S6/c1-11(2)19-23-15(17)25-21-9-13-5-7-14(8-6-13)10-22-26-16(18)24-20-12(3)4/h5-8,11-12H,9-10H2,1-4H3. The Morgan fingerprint density at radius 3 is 1.42 bits per heavy atom. The van der Waals surface area contributed by atoms with E-state index in [-0.39, 0.29) is 21.1 Å². The third-order valence-corrected chi connectivity index (χ3v) is 8.85. The van der Waals surface area contributed by atoms with Gasteiger partial charge in [-0.15, -0.1) is 0 Å². The minimum Gasteiger partial charge on any atom is -0.305 e. The van der Waals surface area contributed by atoms with Gasteiger partial charge in [-0.25, -0.2) is 0 Å². The highest BCUT2D eigenvalue weighted by atomic mass is 33.1. The predicted molar refractivity (Wildman–Crippen MR) is 123 cm³/mol. The number of benzene rings is 1. The van der Waals surface area contributed by atoms with Crippen LogP contribution in [0.1, 0.15) is 38.8 Å². The van der Waals surface area contributed by atoms with E-state index in [0.717, 1.165) is 46.7 Å². The topological polar surface area (TPSA) is 52.6 Å². The first kappa shape index (κ1) is 24.6. The molecule has 0 spiro atoms. The molecule has 0 aliphatic heterocycles. The van der Waals surface area contributed by atoms with Crippen molar-refractivity contribution in [2.45, 2.75) is 51.4 Å². The molecule has 0 aliphatic rings. The Bertz CT molecular complexity index is 501. The van der Waals surface area contributed by atoms with Crippen LogP contribution in [0.5, 0.6) is 0 Å². The monoisotopic (exact) mass is 470 g/mol. The molecule has 0 fully saturated rings. The summed E-state index contributed by atoms with van der Waals surface area (Å²) in [7, 11) is 5.39. The van der Waals surface area contributed by atoms with Crippen LogP contribution in [0.3, 0.4) is 0 Å². The average molecular weight is 471 g/mol. The summed E-state index contributed by atoms with van der Waals surface area (Å²) in [4.78, 5) is 23.2. The maximum atomic E-state index is 11.6. The fraction of sp³-hybridized carbons (Fsp3) is 0.500. The molecule has 146 valence electrons. The Kier molecular flexibility index (Phi) is 13.8. The molecule has 0 unspecified atom stereocenters. The number of hydrogen-bond donors (Lipinski definition) is 0. The van der Waals surface area contributed by atoms with Crippen LogP contribution in [0.4, 0.5) is 9.59 Å². The van der Waals surface area contributed by atoms with Crippen LogP contribution in [-0.2, 0) is 19.9 Å². The summed E-state index contributed by atoms with van der Waals surface area (Å²) in [5, 5.41) is 0. The summed E-state index contributed by atoms with van der Waals surface area (Å²) >= 11 is 1.80. The SMILES string of the molecule is CC(C)OSC(=O)SSCc1ccc(CSSC(=O)SOC(C)C)cc1. The van der Waals surface area contributed by atoms with Gasteiger partial charge in [-0.05, 0) is 60.4 Å². The molecule has 26 heavy (non-hydrogen) atoms. The normalized spacial score (nSPS) is 11.3. The molecule has 0 saturated carbocycles. The Morgan fingerprint density at radius 1 is 0.769 bits per heavy atom. The maximum absolute atomic E-state index is 11.6. The second kappa shape index (κ2) is 14.6. The van der Waals surface area contributed by atoms with Crippen LogP contribution in [0.15, 0.2) is 24.3 Å². The van der Waals surface area contributed by atoms with Crippen LogP contribution in [0.25, 0.3) is 0 Å². The van der Waals surface area contributed by atoms with E-state index in [9.17, 15) is 9.59 Å². The first-order valence-electron chi connectivity index (χ1n) is 7.78. The van der Waals surface area contributed by atoms with Gasteiger partial charge >= 0.3 is 0 Å². The zero-order valence-electron chi connectivity index (χ0n) is 15.0. The van der Waals surface area contributed by atoms with Crippen molar-refractivity contribution in [1.82, 2.24) is 0 Å². The molecule has 0 amide bonds. The van der Waals surface area contributed by atoms with E-state index in [0.29, 0.717) is 0 Å². The predicted octanol–water partition coefficient (Wildman–Crippen LogP) is 7.84. The van der Waals surface area contributed by atoms with E-state index in [4.69, 9.17) is 8.37 Å². The minimum atomic E-state index is -0.0438. The molecule has 4 nitrogen and oxygen atoms in total. The van der Waals surface area contributed by atoms with Crippen molar-refractivity contribution in [3.8, 4) is 0 Å². The van der Waals surface area contributed by atoms with Crippen molar-refractivity contribution in [3.63, 3.8) is 0 Å². The number of rotatable bonds is 10. The maximum Gasteiger partial charge on any atom is 0.283 e. The van der Waals surface area contributed by atoms with Crippen molar-refractivity contribution < 1.29 is 18.0 Å². The van der Waals surface area contributed by atoms with Crippen LogP contribution in [0, 0.1) is 0 Å². The molecule has 0 heterocycles. The molecular weight excluding hydrogens is 449 g/mol. The van der Waals surface area contributed by atoms with E-state index >= 15 is 0 Å². The average Bonchev–Trinajstić information content (AvgIpc) is 2.59. The lowest BCUT2D eigenvalue weighted by Gasteiger charge is -2.05. The van der Waals surface area contributed by atoms with Crippen molar-refractivity contribution >= 4 is 76.2 Å². The Morgan fingerprint density at radius 2 is 1.12 bits per heavy atom. The summed E-state index contributed by atoms with van der Waals surface area (Å²) in [6.45, 7) is 7.57. The molecule has 0 N–H and O–H groups in total. The van der Waals surface area contributed by atoms with Crippen LogP contribution in [0.2, 0.25) is 0 Å². The van der Waals surface area contributed by atoms with Crippen LogP contribution in [-0.4, -0.2) is 21.1 Å². The summed E-state index contributed by atoms with van der Waals surface area (Å²) in [6, 6.07) is 8.20. The minimum absolute atomic E-state index is 0.0368. The largest absolute Gasteiger partial charge is 0.305 e. The van der Waals surface area contributed by atoms with Gasteiger partial charge in [0.05, 0.1) is 36.3 Å². The second-order valence-corrected chi connectivity index (χ2v) is 12.0. The van der Waals surface area contributed by atoms with E-state index < -0.39 is 0 Å². The van der Waals surface area contributed by atoms with E-state index in [1.165, 1.54) is 43.2 Å². The number of hydrogen-bond acceptors (Lipinski definition) is 10. The molecule has 0 atom stereocenters. The molecule has 1 aromatic carbocycles. The molecule has 0 aromatic heterocycles. The summed E-state index contributed by atoms with van der Waals surface area (Å²) in [6.07, 6.45) is 0.0736. The van der Waals surface area contributed by atoms with Gasteiger partial charge in [0.2, 0.25) is 0 Å². The molecule has 1 aromatic rings. The summed E-state index contributed by atoms with van der Waals surface area (Å²) in [5.41, 5.74) is 2.31. The fourth-order valence-corrected chi connectivity index (χ4v) is 6.40. The molecule has 0 bridgehead atoms. The molecule has 0 radical (unpaired) electrons. The van der Waals surface area contributed by atoms with Gasteiger partial charge in [0.25, 0.3) is 8.89 Å². The quantitative estimate of drug-likeness (QED) is 0.249. The van der Waals surface area contributed by atoms with Gasteiger partial charge in [0, 0.05) is 11.5 Å². The third kappa shape index (κ3) is 12.9. The number of carbonyl (C=O) groups is 2. The van der Waals surface area contributed by atoms with Crippen LogP contribution >= 0.6 is 67.3 Å². The van der Waals surface area contributed by atoms with Crippen LogP contribution < -0.4 is 0 Å². The van der Waals surface area contributed by atoms with Crippen molar-refractivity contribution in [2.75, 3.05) is 0 Å². The lowest BCUT2D eigenvalue weighted by Crippen LogP contribution is -1.96. The van der Waals surface area contributed by atoms with E-state index in [1.54, 1.807) is 0 Å². The van der Waals surface area contributed by atoms with Gasteiger partial charge in [-0.3, -0.25) is 9.59 Å². The first-order chi connectivity index (χ1) is 12.4. The zero-order valence-corrected chi connectivity index (χ0v) is 19.9. The highest BCUT2D eigenvalue weighted by Gasteiger charge is 2.09. The Labute approximate surface area is 180 Å². The lowest BCUT2D eigenvalue weighted by molar-refractivity contribution is 0.266. The van der Waals surface area contributed by atoms with E-state index in [2.05, 4.69) is 24.3 Å². The Hall–Kier alpha value is 0.580. The Balaban J connectivity index is 2.20. The summed E-state index contributed by atoms with van der Waals surface area (Å²) < 4.78 is 10.3. The summed E-state index contributed by atoms with van der Waals surface area (Å²) in [5.74, 6) is 1.50.